The quantitative estimate of drug-likeness (QED) is 0.448. The van der Waals surface area contributed by atoms with Crippen LogP contribution in [0.2, 0.25) is 0 Å². The molecule has 0 heterocycles. The van der Waals surface area contributed by atoms with E-state index in [4.69, 9.17) is 0 Å². The molecule has 2 atom stereocenters. The third-order valence-corrected chi connectivity index (χ3v) is 6.92. The van der Waals surface area contributed by atoms with Crippen LogP contribution < -0.4 is 10.6 Å². The number of carbonyl (C=O) groups is 2. The molecule has 156 valence electrons. The molecule has 0 aliphatic heterocycles. The van der Waals surface area contributed by atoms with Crippen molar-refractivity contribution in [1.82, 2.24) is 10.6 Å². The van der Waals surface area contributed by atoms with Crippen molar-refractivity contribution in [2.45, 2.75) is 76.3 Å². The van der Waals surface area contributed by atoms with E-state index in [0.717, 1.165) is 25.7 Å². The average molecular weight is 401 g/mol. The predicted molar refractivity (Wildman–Crippen MR) is 109 cm³/mol. The van der Waals surface area contributed by atoms with Gasteiger partial charge in [-0.1, -0.05) is 38.5 Å². The maximum absolute atomic E-state index is 12.1. The number of aliphatic hydroxyl groups excluding tert-OH is 2. The summed E-state index contributed by atoms with van der Waals surface area (Å²) in [5.74, 6) is 0.906. The van der Waals surface area contributed by atoms with E-state index in [1.54, 1.807) is 0 Å². The summed E-state index contributed by atoms with van der Waals surface area (Å²) in [5.41, 5.74) is 0. The maximum atomic E-state index is 12.1. The van der Waals surface area contributed by atoms with E-state index in [9.17, 15) is 19.8 Å². The molecule has 7 heteroatoms. The summed E-state index contributed by atoms with van der Waals surface area (Å²) in [4.78, 5) is 24.3. The van der Waals surface area contributed by atoms with E-state index in [1.165, 1.54) is 50.3 Å². The Labute approximate surface area is 167 Å². The van der Waals surface area contributed by atoms with Gasteiger partial charge in [0.2, 0.25) is 11.8 Å². The van der Waals surface area contributed by atoms with Gasteiger partial charge in [-0.25, -0.2) is 0 Å². The fraction of sp³-hybridized carbons (Fsp3) is 0.900. The summed E-state index contributed by atoms with van der Waals surface area (Å²) in [7, 11) is 0. The van der Waals surface area contributed by atoms with Crippen LogP contribution in [0, 0.1) is 11.8 Å². The first kappa shape index (κ1) is 22.5. The standard InChI is InChI=1S/C20H36N2O4S/c23-11-17(15-7-3-1-4-8-15)21-19(25)13-27-14-20(26)22-18(12-24)16-9-5-2-6-10-16/h15-18,23-24H,1-14H2,(H,21,25)(H,22,26). The van der Waals surface area contributed by atoms with Gasteiger partial charge in [-0.15, -0.1) is 11.8 Å². The van der Waals surface area contributed by atoms with E-state index in [0.29, 0.717) is 11.8 Å². The number of carbonyl (C=O) groups excluding carboxylic acids is 2. The minimum absolute atomic E-state index is 0.0267. The maximum Gasteiger partial charge on any atom is 0.230 e. The van der Waals surface area contributed by atoms with Crippen LogP contribution >= 0.6 is 11.8 Å². The number of rotatable bonds is 10. The number of thioether (sulfide) groups is 1. The van der Waals surface area contributed by atoms with Gasteiger partial charge in [-0.05, 0) is 37.5 Å². The molecular formula is C20H36N2O4S. The van der Waals surface area contributed by atoms with Gasteiger partial charge in [-0.2, -0.15) is 0 Å². The molecule has 0 aromatic carbocycles. The van der Waals surface area contributed by atoms with Gasteiger partial charge in [0.25, 0.3) is 0 Å². The van der Waals surface area contributed by atoms with E-state index < -0.39 is 0 Å². The molecule has 2 saturated carbocycles. The molecule has 0 radical (unpaired) electrons. The number of hydrogen-bond acceptors (Lipinski definition) is 5. The predicted octanol–water partition coefficient (Wildman–Crippen LogP) is 1.83. The van der Waals surface area contributed by atoms with Gasteiger partial charge >= 0.3 is 0 Å². The lowest BCUT2D eigenvalue weighted by molar-refractivity contribution is -0.120. The largest absolute Gasteiger partial charge is 0.394 e. The first-order chi connectivity index (χ1) is 13.1. The van der Waals surface area contributed by atoms with Crippen LogP contribution in [-0.4, -0.2) is 58.8 Å². The monoisotopic (exact) mass is 400 g/mol. The molecule has 2 fully saturated rings. The normalized spacial score (nSPS) is 21.4. The number of hydrogen-bond donors (Lipinski definition) is 4. The Morgan fingerprint density at radius 2 is 1.11 bits per heavy atom. The topological polar surface area (TPSA) is 98.7 Å². The molecule has 2 aliphatic carbocycles. The highest BCUT2D eigenvalue weighted by atomic mass is 32.2. The Kier molecular flexibility index (Phi) is 10.5. The van der Waals surface area contributed by atoms with Crippen molar-refractivity contribution in [2.75, 3.05) is 24.7 Å². The Hall–Kier alpha value is -0.790. The molecule has 6 nitrogen and oxygen atoms in total. The lowest BCUT2D eigenvalue weighted by atomic mass is 9.84. The van der Waals surface area contributed by atoms with Gasteiger partial charge in [-0.3, -0.25) is 9.59 Å². The molecule has 27 heavy (non-hydrogen) atoms. The van der Waals surface area contributed by atoms with Gasteiger partial charge in [0.15, 0.2) is 0 Å². The van der Waals surface area contributed by atoms with Gasteiger partial charge in [0.1, 0.15) is 0 Å². The van der Waals surface area contributed by atoms with Crippen LogP contribution in [0.1, 0.15) is 64.2 Å². The van der Waals surface area contributed by atoms with Crippen LogP contribution in [0.25, 0.3) is 0 Å². The van der Waals surface area contributed by atoms with E-state index in [1.807, 2.05) is 0 Å². The Bertz CT molecular complexity index is 411. The van der Waals surface area contributed by atoms with Crippen LogP contribution in [0.3, 0.4) is 0 Å². The lowest BCUT2D eigenvalue weighted by Crippen LogP contribution is -2.45. The second-order valence-electron chi connectivity index (χ2n) is 8.00. The third kappa shape index (κ3) is 8.00. The highest BCUT2D eigenvalue weighted by molar-refractivity contribution is 8.00. The second-order valence-corrected chi connectivity index (χ2v) is 8.99. The molecule has 2 aliphatic rings. The summed E-state index contributed by atoms with van der Waals surface area (Å²) in [6.07, 6.45) is 11.4. The zero-order valence-corrected chi connectivity index (χ0v) is 17.1. The Morgan fingerprint density at radius 3 is 1.44 bits per heavy atom. The minimum Gasteiger partial charge on any atom is -0.394 e. The van der Waals surface area contributed by atoms with Crippen LogP contribution in [0.5, 0.6) is 0 Å². The van der Waals surface area contributed by atoms with Gasteiger partial charge in [0.05, 0.1) is 36.8 Å². The van der Waals surface area contributed by atoms with Crippen molar-refractivity contribution < 1.29 is 19.8 Å². The highest BCUT2D eigenvalue weighted by Gasteiger charge is 2.26. The van der Waals surface area contributed by atoms with Gasteiger partial charge < -0.3 is 20.8 Å². The molecular weight excluding hydrogens is 364 g/mol. The van der Waals surface area contributed by atoms with E-state index >= 15 is 0 Å². The molecule has 0 saturated heterocycles. The average Bonchev–Trinajstić information content (AvgIpc) is 2.71. The Morgan fingerprint density at radius 1 is 0.741 bits per heavy atom. The fourth-order valence-corrected chi connectivity index (χ4v) is 5.07. The van der Waals surface area contributed by atoms with Crippen molar-refractivity contribution in [3.8, 4) is 0 Å². The summed E-state index contributed by atoms with van der Waals surface area (Å²) in [6.45, 7) is -0.0533. The minimum atomic E-state index is -0.169. The number of amides is 2. The van der Waals surface area contributed by atoms with Crippen molar-refractivity contribution in [3.63, 3.8) is 0 Å². The summed E-state index contributed by atoms with van der Waals surface area (Å²) < 4.78 is 0. The van der Waals surface area contributed by atoms with Gasteiger partial charge in [0, 0.05) is 0 Å². The molecule has 2 rings (SSSR count). The molecule has 0 spiro atoms. The van der Waals surface area contributed by atoms with E-state index in [-0.39, 0.29) is 48.6 Å². The highest BCUT2D eigenvalue weighted by Crippen LogP contribution is 2.27. The third-order valence-electron chi connectivity index (χ3n) is 5.99. The molecule has 2 amide bonds. The fourth-order valence-electron chi connectivity index (χ4n) is 4.43. The van der Waals surface area contributed by atoms with Crippen molar-refractivity contribution in [1.29, 1.82) is 0 Å². The molecule has 0 bridgehead atoms. The number of aliphatic hydroxyl groups is 2. The van der Waals surface area contributed by atoms with Crippen LogP contribution in [-0.2, 0) is 9.59 Å². The van der Waals surface area contributed by atoms with Crippen molar-refractivity contribution in [2.24, 2.45) is 11.8 Å². The second kappa shape index (κ2) is 12.6. The number of nitrogens with one attached hydrogen (secondary N) is 2. The van der Waals surface area contributed by atoms with Crippen LogP contribution in [0.4, 0.5) is 0 Å². The Balaban J connectivity index is 1.64. The smallest absolute Gasteiger partial charge is 0.230 e. The zero-order chi connectivity index (χ0) is 19.5. The molecule has 4 N–H and O–H groups in total. The van der Waals surface area contributed by atoms with Crippen molar-refractivity contribution in [3.05, 3.63) is 0 Å². The van der Waals surface area contributed by atoms with Crippen molar-refractivity contribution >= 4 is 23.6 Å². The first-order valence-electron chi connectivity index (χ1n) is 10.5. The molecule has 2 unspecified atom stereocenters. The lowest BCUT2D eigenvalue weighted by Gasteiger charge is -2.30. The summed E-state index contributed by atoms with van der Waals surface area (Å²) in [5, 5.41) is 25.0. The zero-order valence-electron chi connectivity index (χ0n) is 16.3. The first-order valence-corrected chi connectivity index (χ1v) is 11.7. The van der Waals surface area contributed by atoms with E-state index in [2.05, 4.69) is 10.6 Å². The summed E-state index contributed by atoms with van der Waals surface area (Å²) in [6, 6.07) is -0.338. The molecule has 0 aromatic rings. The molecule has 0 aromatic heterocycles. The summed E-state index contributed by atoms with van der Waals surface area (Å²) >= 11 is 1.28. The van der Waals surface area contributed by atoms with Crippen LogP contribution in [0.15, 0.2) is 0 Å². The SMILES string of the molecule is O=C(CSCC(=O)NC(CO)C1CCCCC1)NC(CO)C1CCCCC1.